The van der Waals surface area contributed by atoms with E-state index < -0.39 is 0 Å². The number of hydrogen-bond donors (Lipinski definition) is 1. The summed E-state index contributed by atoms with van der Waals surface area (Å²) in [6.45, 7) is 6.17. The van der Waals surface area contributed by atoms with Gasteiger partial charge in [0.1, 0.15) is 5.82 Å². The zero-order valence-corrected chi connectivity index (χ0v) is 19.9. The van der Waals surface area contributed by atoms with Crippen molar-refractivity contribution in [3.63, 3.8) is 0 Å². The fourth-order valence-corrected chi connectivity index (χ4v) is 4.34. The van der Waals surface area contributed by atoms with Gasteiger partial charge in [-0.1, -0.05) is 56.3 Å². The molecule has 1 fully saturated rings. The zero-order chi connectivity index (χ0) is 23.9. The van der Waals surface area contributed by atoms with Gasteiger partial charge in [-0.25, -0.2) is 4.98 Å². The van der Waals surface area contributed by atoms with Crippen LogP contribution in [0.2, 0.25) is 0 Å². The van der Waals surface area contributed by atoms with E-state index in [-0.39, 0.29) is 17.7 Å². The Labute approximate surface area is 201 Å². The van der Waals surface area contributed by atoms with Crippen molar-refractivity contribution < 1.29 is 9.59 Å². The van der Waals surface area contributed by atoms with E-state index in [1.807, 2.05) is 71.9 Å². The first-order valence-corrected chi connectivity index (χ1v) is 11.9. The van der Waals surface area contributed by atoms with Crippen LogP contribution in [0.25, 0.3) is 6.08 Å². The van der Waals surface area contributed by atoms with Gasteiger partial charge in [-0.15, -0.1) is 0 Å². The summed E-state index contributed by atoms with van der Waals surface area (Å²) >= 11 is 0. The number of anilines is 1. The summed E-state index contributed by atoms with van der Waals surface area (Å²) in [6, 6.07) is 17.8. The van der Waals surface area contributed by atoms with Gasteiger partial charge in [0.25, 0.3) is 0 Å². The molecular formula is C28H32N4O2. The van der Waals surface area contributed by atoms with Crippen LogP contribution >= 0.6 is 0 Å². The van der Waals surface area contributed by atoms with Crippen molar-refractivity contribution in [3.8, 4) is 0 Å². The summed E-state index contributed by atoms with van der Waals surface area (Å²) in [7, 11) is 0. The molecule has 1 saturated heterocycles. The lowest BCUT2D eigenvalue weighted by Gasteiger charge is -2.30. The molecule has 34 heavy (non-hydrogen) atoms. The predicted molar refractivity (Wildman–Crippen MR) is 135 cm³/mol. The van der Waals surface area contributed by atoms with Crippen LogP contribution in [0, 0.1) is 5.92 Å². The van der Waals surface area contributed by atoms with E-state index in [0.29, 0.717) is 38.4 Å². The molecule has 1 N–H and O–H groups in total. The van der Waals surface area contributed by atoms with Gasteiger partial charge in [-0.3, -0.25) is 9.59 Å². The van der Waals surface area contributed by atoms with Crippen molar-refractivity contribution in [1.82, 2.24) is 14.5 Å². The van der Waals surface area contributed by atoms with Crippen LogP contribution in [-0.2, 0) is 16.1 Å². The van der Waals surface area contributed by atoms with Gasteiger partial charge in [0.2, 0.25) is 11.8 Å². The van der Waals surface area contributed by atoms with E-state index in [0.717, 1.165) is 22.6 Å². The van der Waals surface area contributed by atoms with Crippen LogP contribution in [0.1, 0.15) is 49.6 Å². The highest BCUT2D eigenvalue weighted by atomic mass is 16.2. The number of aromatic nitrogens is 2. The number of rotatable bonds is 7. The maximum absolute atomic E-state index is 12.9. The van der Waals surface area contributed by atoms with Gasteiger partial charge in [0.05, 0.1) is 0 Å². The third-order valence-corrected chi connectivity index (χ3v) is 6.21. The number of piperidine rings is 1. The Hall–Kier alpha value is -3.67. The predicted octanol–water partition coefficient (Wildman–Crippen LogP) is 4.95. The fraction of sp³-hybridized carbons (Fsp3) is 0.321. The lowest BCUT2D eigenvalue weighted by Crippen LogP contribution is -2.40. The van der Waals surface area contributed by atoms with Gasteiger partial charge in [0.15, 0.2) is 0 Å². The number of nitrogens with one attached hydrogen (secondary N) is 1. The quantitative estimate of drug-likeness (QED) is 0.512. The average Bonchev–Trinajstić information content (AvgIpc) is 3.32. The topological polar surface area (TPSA) is 67.2 Å². The molecule has 0 saturated carbocycles. The number of nitrogens with zero attached hydrogens (tertiary/aromatic N) is 3. The number of hydrogen-bond acceptors (Lipinski definition) is 3. The first-order valence-electron chi connectivity index (χ1n) is 11.9. The molecule has 6 heteroatoms. The summed E-state index contributed by atoms with van der Waals surface area (Å²) in [6.07, 6.45) is 8.61. The second-order valence-electron chi connectivity index (χ2n) is 9.10. The maximum Gasteiger partial charge on any atom is 0.246 e. The van der Waals surface area contributed by atoms with Crippen LogP contribution in [0.3, 0.4) is 0 Å². The molecule has 0 bridgehead atoms. The summed E-state index contributed by atoms with van der Waals surface area (Å²) in [5.74, 6) is 1.33. The lowest BCUT2D eigenvalue weighted by atomic mass is 9.95. The van der Waals surface area contributed by atoms with Crippen LogP contribution in [0.15, 0.2) is 73.1 Å². The molecule has 1 aromatic heterocycles. The van der Waals surface area contributed by atoms with Crippen LogP contribution < -0.4 is 5.32 Å². The van der Waals surface area contributed by atoms with Crippen molar-refractivity contribution in [2.45, 2.75) is 39.2 Å². The van der Waals surface area contributed by atoms with E-state index in [1.54, 1.807) is 6.08 Å². The minimum atomic E-state index is -0.0907. The number of carbonyl (C=O) groups is 2. The number of carbonyl (C=O) groups excluding carboxylic acids is 2. The smallest absolute Gasteiger partial charge is 0.246 e. The van der Waals surface area contributed by atoms with Crippen LogP contribution in [-0.4, -0.2) is 39.4 Å². The monoisotopic (exact) mass is 456 g/mol. The maximum atomic E-state index is 12.9. The highest BCUT2D eigenvalue weighted by Gasteiger charge is 2.26. The third-order valence-electron chi connectivity index (χ3n) is 6.21. The van der Waals surface area contributed by atoms with Crippen molar-refractivity contribution in [3.05, 3.63) is 90.0 Å². The van der Waals surface area contributed by atoms with E-state index in [4.69, 9.17) is 0 Å². The van der Waals surface area contributed by atoms with Gasteiger partial charge >= 0.3 is 0 Å². The minimum Gasteiger partial charge on any atom is -0.339 e. The molecule has 2 aromatic carbocycles. The Kier molecular flexibility index (Phi) is 7.58. The second-order valence-corrected chi connectivity index (χ2v) is 9.10. The molecule has 0 aliphatic carbocycles. The number of amides is 2. The van der Waals surface area contributed by atoms with Crippen molar-refractivity contribution in [1.29, 1.82) is 0 Å². The van der Waals surface area contributed by atoms with Crippen molar-refractivity contribution in [2.75, 3.05) is 18.4 Å². The Morgan fingerprint density at radius 2 is 1.85 bits per heavy atom. The van der Waals surface area contributed by atoms with Gasteiger partial charge in [-0.05, 0) is 42.2 Å². The highest BCUT2D eigenvalue weighted by Crippen LogP contribution is 2.21. The zero-order valence-electron chi connectivity index (χ0n) is 19.9. The highest BCUT2D eigenvalue weighted by molar-refractivity contribution is 5.94. The second kappa shape index (κ2) is 11.0. The SMILES string of the molecule is CC(C)c1nccn1Cc1cccc(NC(=O)C2CCN(C(=O)/C=C/c3ccccc3)CC2)c1. The molecule has 0 radical (unpaired) electrons. The van der Waals surface area contributed by atoms with Crippen molar-refractivity contribution >= 4 is 23.6 Å². The first kappa shape index (κ1) is 23.5. The molecule has 2 amide bonds. The van der Waals surface area contributed by atoms with E-state index in [9.17, 15) is 9.59 Å². The Morgan fingerprint density at radius 1 is 1.09 bits per heavy atom. The van der Waals surface area contributed by atoms with Gasteiger partial charge < -0.3 is 14.8 Å². The number of benzene rings is 2. The summed E-state index contributed by atoms with van der Waals surface area (Å²) < 4.78 is 2.14. The van der Waals surface area contributed by atoms with Crippen LogP contribution in [0.5, 0.6) is 0 Å². The van der Waals surface area contributed by atoms with Crippen molar-refractivity contribution in [2.24, 2.45) is 5.92 Å². The minimum absolute atomic E-state index is 0.00400. The fourth-order valence-electron chi connectivity index (χ4n) is 4.34. The summed E-state index contributed by atoms with van der Waals surface area (Å²) in [5, 5.41) is 3.08. The molecule has 3 aromatic rings. The Bertz CT molecular complexity index is 1140. The standard InChI is InChI=1S/C28H32N4O2/c1-21(2)27-29-15-18-32(27)20-23-9-6-10-25(19-23)30-28(34)24-13-16-31(17-14-24)26(33)12-11-22-7-4-3-5-8-22/h3-12,15,18-19,21,24H,13-14,16-17,20H2,1-2H3,(H,30,34)/b12-11+. The third kappa shape index (κ3) is 6.01. The molecule has 4 rings (SSSR count). The molecule has 0 spiro atoms. The molecular weight excluding hydrogens is 424 g/mol. The van der Waals surface area contributed by atoms with Gasteiger partial charge in [-0.2, -0.15) is 0 Å². The van der Waals surface area contributed by atoms with E-state index >= 15 is 0 Å². The van der Waals surface area contributed by atoms with E-state index in [2.05, 4.69) is 34.8 Å². The summed E-state index contributed by atoms with van der Waals surface area (Å²) in [4.78, 5) is 31.7. The summed E-state index contributed by atoms with van der Waals surface area (Å²) in [5.41, 5.74) is 2.92. The average molecular weight is 457 g/mol. The van der Waals surface area contributed by atoms with E-state index in [1.165, 1.54) is 0 Å². The molecule has 0 unspecified atom stereocenters. The van der Waals surface area contributed by atoms with Crippen LogP contribution in [0.4, 0.5) is 5.69 Å². The molecule has 6 nitrogen and oxygen atoms in total. The molecule has 0 atom stereocenters. The Morgan fingerprint density at radius 3 is 2.59 bits per heavy atom. The number of likely N-dealkylation sites (tertiary alicyclic amines) is 1. The normalized spacial score (nSPS) is 14.6. The lowest BCUT2D eigenvalue weighted by molar-refractivity contribution is -0.130. The van der Waals surface area contributed by atoms with Gasteiger partial charge in [0, 0.05) is 55.6 Å². The largest absolute Gasteiger partial charge is 0.339 e. The molecule has 176 valence electrons. The Balaban J connectivity index is 1.29. The molecule has 1 aliphatic heterocycles. The molecule has 1 aliphatic rings. The number of imidazole rings is 1. The first-order chi connectivity index (χ1) is 16.5. The molecule has 2 heterocycles.